The molecule has 0 aliphatic carbocycles. The minimum absolute atomic E-state index is 0.293. The van der Waals surface area contributed by atoms with Crippen LogP contribution >= 0.6 is 15.9 Å². The maximum absolute atomic E-state index is 12.2. The lowest BCUT2D eigenvalue weighted by Gasteiger charge is -2.21. The predicted octanol–water partition coefficient (Wildman–Crippen LogP) is 3.87. The molecule has 0 spiro atoms. The smallest absolute Gasteiger partial charge is 0.205 e. The second kappa shape index (κ2) is 6.09. The molecule has 0 fully saturated rings. The van der Waals surface area contributed by atoms with Gasteiger partial charge in [0.05, 0.1) is 18.0 Å². The van der Waals surface area contributed by atoms with E-state index in [1.165, 1.54) is 10.7 Å². The summed E-state index contributed by atoms with van der Waals surface area (Å²) in [6, 6.07) is 15.4. The molecule has 1 atom stereocenters. The van der Waals surface area contributed by atoms with Gasteiger partial charge in [0, 0.05) is 10.9 Å². The van der Waals surface area contributed by atoms with Crippen LogP contribution in [0.15, 0.2) is 58.1 Å². The van der Waals surface area contributed by atoms with E-state index in [1.54, 1.807) is 0 Å². The zero-order valence-electron chi connectivity index (χ0n) is 12.9. The molecule has 0 amide bonds. The topological polar surface area (TPSA) is 49.7 Å². The van der Waals surface area contributed by atoms with Crippen LogP contribution in [-0.2, 0) is 10.0 Å². The van der Waals surface area contributed by atoms with E-state index in [2.05, 4.69) is 21.0 Å². The Balaban J connectivity index is 2.03. The molecule has 1 heterocycles. The lowest BCUT2D eigenvalue weighted by atomic mass is 9.98. The van der Waals surface area contributed by atoms with Crippen LogP contribution in [-0.4, -0.2) is 24.8 Å². The molecule has 0 N–H and O–H groups in total. The minimum atomic E-state index is -3.43. The highest BCUT2D eigenvalue weighted by atomic mass is 79.9. The largest absolute Gasteiger partial charge is 0.247 e. The molecule has 2 aromatic carbocycles. The van der Waals surface area contributed by atoms with E-state index in [0.717, 1.165) is 26.9 Å². The first-order valence-electron chi connectivity index (χ1n) is 7.24. The number of sulfonamides is 1. The molecule has 2 aromatic rings. The zero-order chi connectivity index (χ0) is 16.6. The normalized spacial score (nSPS) is 18.1. The molecule has 0 saturated heterocycles. The van der Waals surface area contributed by atoms with Crippen LogP contribution in [0.5, 0.6) is 0 Å². The van der Waals surface area contributed by atoms with Gasteiger partial charge in [-0.05, 0) is 30.2 Å². The molecule has 1 unspecified atom stereocenters. The third kappa shape index (κ3) is 3.48. The molecule has 120 valence electrons. The average Bonchev–Trinajstić information content (AvgIpc) is 2.92. The van der Waals surface area contributed by atoms with Crippen LogP contribution in [0.4, 0.5) is 0 Å². The lowest BCUT2D eigenvalue weighted by Crippen LogP contribution is -2.25. The number of rotatable bonds is 3. The molecule has 0 radical (unpaired) electrons. The SMILES string of the molecule is Cc1cccc(C2CC(c3cccc(Br)c3)=NN2S(C)(=O)=O)c1. The summed E-state index contributed by atoms with van der Waals surface area (Å²) in [7, 11) is -3.43. The van der Waals surface area contributed by atoms with Crippen LogP contribution in [0.3, 0.4) is 0 Å². The zero-order valence-corrected chi connectivity index (χ0v) is 15.3. The Hall–Kier alpha value is -1.66. The molecule has 1 aliphatic heterocycles. The molecular formula is C17H17BrN2O2S. The van der Waals surface area contributed by atoms with Gasteiger partial charge in [0.15, 0.2) is 0 Å². The molecule has 0 saturated carbocycles. The maximum Gasteiger partial charge on any atom is 0.247 e. The summed E-state index contributed by atoms with van der Waals surface area (Å²) in [5.74, 6) is 0. The van der Waals surface area contributed by atoms with Crippen molar-refractivity contribution >= 4 is 31.7 Å². The van der Waals surface area contributed by atoms with Crippen molar-refractivity contribution in [1.29, 1.82) is 0 Å². The molecule has 0 bridgehead atoms. The number of benzene rings is 2. The fourth-order valence-electron chi connectivity index (χ4n) is 2.76. The molecule has 23 heavy (non-hydrogen) atoms. The molecular weight excluding hydrogens is 376 g/mol. The number of hydrogen-bond acceptors (Lipinski definition) is 3. The summed E-state index contributed by atoms with van der Waals surface area (Å²) in [5.41, 5.74) is 3.78. The van der Waals surface area contributed by atoms with Crippen molar-refractivity contribution in [3.05, 3.63) is 69.7 Å². The predicted molar refractivity (Wildman–Crippen MR) is 95.9 cm³/mol. The van der Waals surface area contributed by atoms with E-state index in [-0.39, 0.29) is 6.04 Å². The van der Waals surface area contributed by atoms with Crippen LogP contribution in [0.2, 0.25) is 0 Å². The Morgan fingerprint density at radius 3 is 2.57 bits per heavy atom. The van der Waals surface area contributed by atoms with Gasteiger partial charge >= 0.3 is 0 Å². The standard InChI is InChI=1S/C17H17BrN2O2S/c1-12-5-3-7-14(9-12)17-11-16(19-20(17)23(2,21)22)13-6-4-8-15(18)10-13/h3-10,17H,11H2,1-2H3. The minimum Gasteiger partial charge on any atom is -0.205 e. The van der Waals surface area contributed by atoms with Crippen LogP contribution < -0.4 is 0 Å². The first-order chi connectivity index (χ1) is 10.8. The first-order valence-corrected chi connectivity index (χ1v) is 9.88. The summed E-state index contributed by atoms with van der Waals surface area (Å²) >= 11 is 3.45. The highest BCUT2D eigenvalue weighted by Crippen LogP contribution is 2.35. The van der Waals surface area contributed by atoms with E-state index in [0.29, 0.717) is 6.42 Å². The van der Waals surface area contributed by atoms with Gasteiger partial charge in [-0.15, -0.1) is 0 Å². The van der Waals surface area contributed by atoms with Gasteiger partial charge in [0.2, 0.25) is 10.0 Å². The first kappa shape index (κ1) is 16.2. The van der Waals surface area contributed by atoms with Gasteiger partial charge in [-0.25, -0.2) is 8.42 Å². The summed E-state index contributed by atoms with van der Waals surface area (Å²) < 4.78 is 26.5. The average molecular weight is 393 g/mol. The van der Waals surface area contributed by atoms with E-state index >= 15 is 0 Å². The Morgan fingerprint density at radius 2 is 1.91 bits per heavy atom. The van der Waals surface area contributed by atoms with Gasteiger partial charge in [-0.2, -0.15) is 9.52 Å². The lowest BCUT2D eigenvalue weighted by molar-refractivity contribution is 0.374. The molecule has 4 nitrogen and oxygen atoms in total. The molecule has 1 aliphatic rings. The van der Waals surface area contributed by atoms with Crippen LogP contribution in [0.1, 0.15) is 29.2 Å². The maximum atomic E-state index is 12.2. The van der Waals surface area contributed by atoms with Gasteiger partial charge in [-0.3, -0.25) is 0 Å². The van der Waals surface area contributed by atoms with E-state index in [9.17, 15) is 8.42 Å². The van der Waals surface area contributed by atoms with Crippen molar-refractivity contribution in [1.82, 2.24) is 4.41 Å². The van der Waals surface area contributed by atoms with Crippen molar-refractivity contribution in [2.45, 2.75) is 19.4 Å². The quantitative estimate of drug-likeness (QED) is 0.795. The Morgan fingerprint density at radius 1 is 1.17 bits per heavy atom. The van der Waals surface area contributed by atoms with E-state index < -0.39 is 10.0 Å². The summed E-state index contributed by atoms with van der Waals surface area (Å²) in [5, 5.41) is 4.40. The Labute approximate surface area is 145 Å². The number of hydrazone groups is 1. The van der Waals surface area contributed by atoms with E-state index in [4.69, 9.17) is 0 Å². The van der Waals surface area contributed by atoms with Gasteiger partial charge in [-0.1, -0.05) is 57.9 Å². The molecule has 6 heteroatoms. The third-order valence-corrected chi connectivity index (χ3v) is 5.31. The van der Waals surface area contributed by atoms with Crippen molar-refractivity contribution in [2.75, 3.05) is 6.26 Å². The highest BCUT2D eigenvalue weighted by Gasteiger charge is 2.34. The van der Waals surface area contributed by atoms with E-state index in [1.807, 2.05) is 55.5 Å². The van der Waals surface area contributed by atoms with Gasteiger partial charge < -0.3 is 0 Å². The fourth-order valence-corrected chi connectivity index (χ4v) is 4.07. The highest BCUT2D eigenvalue weighted by molar-refractivity contribution is 9.10. The van der Waals surface area contributed by atoms with Crippen LogP contribution in [0, 0.1) is 6.92 Å². The van der Waals surface area contributed by atoms with Crippen molar-refractivity contribution in [3.8, 4) is 0 Å². The second-order valence-electron chi connectivity index (χ2n) is 5.73. The van der Waals surface area contributed by atoms with Crippen molar-refractivity contribution in [3.63, 3.8) is 0 Å². The summed E-state index contributed by atoms with van der Waals surface area (Å²) in [4.78, 5) is 0. The fraction of sp³-hybridized carbons (Fsp3) is 0.235. The third-order valence-electron chi connectivity index (χ3n) is 3.80. The number of nitrogens with zero attached hydrogens (tertiary/aromatic N) is 2. The number of hydrogen-bond donors (Lipinski definition) is 0. The van der Waals surface area contributed by atoms with Gasteiger partial charge in [0.1, 0.15) is 0 Å². The summed E-state index contributed by atoms with van der Waals surface area (Å²) in [6.07, 6.45) is 1.76. The van der Waals surface area contributed by atoms with Crippen molar-refractivity contribution < 1.29 is 8.42 Å². The monoisotopic (exact) mass is 392 g/mol. The van der Waals surface area contributed by atoms with Gasteiger partial charge in [0.25, 0.3) is 0 Å². The van der Waals surface area contributed by atoms with Crippen LogP contribution in [0.25, 0.3) is 0 Å². The Bertz CT molecular complexity index is 878. The second-order valence-corrected chi connectivity index (χ2v) is 8.48. The molecule has 0 aromatic heterocycles. The number of aryl methyl sites for hydroxylation is 1. The van der Waals surface area contributed by atoms with Crippen molar-refractivity contribution in [2.24, 2.45) is 5.10 Å². The molecule has 3 rings (SSSR count). The summed E-state index contributed by atoms with van der Waals surface area (Å²) in [6.45, 7) is 2.00. The Kier molecular flexibility index (Phi) is 4.29. The number of halogens is 1.